The second-order valence-electron chi connectivity index (χ2n) is 3.06. The molecule has 14 heavy (non-hydrogen) atoms. The molecule has 1 aliphatic rings. The lowest BCUT2D eigenvalue weighted by Crippen LogP contribution is -2.24. The SMILES string of the molecule is Cl.NCC1Cc2cc(Br)cc(F)c2O1. The molecule has 1 aromatic rings. The Balaban J connectivity index is 0.000000980. The van der Waals surface area contributed by atoms with E-state index in [-0.39, 0.29) is 24.3 Å². The summed E-state index contributed by atoms with van der Waals surface area (Å²) in [5.41, 5.74) is 6.33. The molecule has 1 unspecified atom stereocenters. The molecule has 0 aliphatic carbocycles. The van der Waals surface area contributed by atoms with Crippen molar-refractivity contribution in [2.75, 3.05) is 6.54 Å². The lowest BCUT2D eigenvalue weighted by Gasteiger charge is -2.06. The smallest absolute Gasteiger partial charge is 0.166 e. The second kappa shape index (κ2) is 4.47. The predicted octanol–water partition coefficient (Wildman–Crippen LogP) is 2.27. The molecule has 0 radical (unpaired) electrons. The number of hydrogen-bond donors (Lipinski definition) is 1. The average molecular weight is 283 g/mol. The molecule has 1 atom stereocenters. The minimum Gasteiger partial charge on any atom is -0.485 e. The zero-order valence-corrected chi connectivity index (χ0v) is 9.70. The topological polar surface area (TPSA) is 35.2 Å². The molecule has 78 valence electrons. The number of halogens is 3. The van der Waals surface area contributed by atoms with Crippen molar-refractivity contribution in [1.82, 2.24) is 0 Å². The molecule has 0 bridgehead atoms. The first-order chi connectivity index (χ1) is 6.20. The molecule has 0 amide bonds. The summed E-state index contributed by atoms with van der Waals surface area (Å²) in [5.74, 6) is 0.0407. The van der Waals surface area contributed by atoms with Gasteiger partial charge in [0.2, 0.25) is 0 Å². The highest BCUT2D eigenvalue weighted by Gasteiger charge is 2.24. The lowest BCUT2D eigenvalue weighted by molar-refractivity contribution is 0.232. The van der Waals surface area contributed by atoms with Crippen molar-refractivity contribution in [3.8, 4) is 5.75 Å². The fraction of sp³-hybridized carbons (Fsp3) is 0.333. The number of hydrogen-bond acceptors (Lipinski definition) is 2. The van der Waals surface area contributed by atoms with Gasteiger partial charge in [-0.1, -0.05) is 15.9 Å². The van der Waals surface area contributed by atoms with Crippen LogP contribution in [0, 0.1) is 5.82 Å². The van der Waals surface area contributed by atoms with Crippen LogP contribution in [0.15, 0.2) is 16.6 Å². The summed E-state index contributed by atoms with van der Waals surface area (Å²) in [6, 6.07) is 3.27. The van der Waals surface area contributed by atoms with Crippen molar-refractivity contribution in [2.45, 2.75) is 12.5 Å². The van der Waals surface area contributed by atoms with Gasteiger partial charge >= 0.3 is 0 Å². The summed E-state index contributed by atoms with van der Waals surface area (Å²) < 4.78 is 19.3. The maximum atomic E-state index is 13.3. The summed E-state index contributed by atoms with van der Waals surface area (Å²) in [6.45, 7) is 0.422. The highest BCUT2D eigenvalue weighted by atomic mass is 79.9. The van der Waals surface area contributed by atoms with Gasteiger partial charge in [-0.05, 0) is 12.1 Å². The van der Waals surface area contributed by atoms with Crippen LogP contribution in [0.4, 0.5) is 4.39 Å². The van der Waals surface area contributed by atoms with Crippen molar-refractivity contribution >= 4 is 28.3 Å². The molecular weight excluding hydrogens is 272 g/mol. The highest BCUT2D eigenvalue weighted by Crippen LogP contribution is 2.33. The Morgan fingerprint density at radius 2 is 2.29 bits per heavy atom. The van der Waals surface area contributed by atoms with E-state index in [9.17, 15) is 4.39 Å². The molecule has 0 aromatic heterocycles. The quantitative estimate of drug-likeness (QED) is 0.857. The molecule has 0 saturated heterocycles. The Hall–Kier alpha value is -0.320. The van der Waals surface area contributed by atoms with Crippen molar-refractivity contribution in [1.29, 1.82) is 0 Å². The molecule has 1 aromatic carbocycles. The van der Waals surface area contributed by atoms with Gasteiger partial charge in [-0.3, -0.25) is 0 Å². The fourth-order valence-electron chi connectivity index (χ4n) is 1.48. The number of nitrogens with two attached hydrogens (primary N) is 1. The van der Waals surface area contributed by atoms with Crippen LogP contribution in [0.1, 0.15) is 5.56 Å². The fourth-order valence-corrected chi connectivity index (χ4v) is 1.96. The van der Waals surface area contributed by atoms with E-state index in [1.165, 1.54) is 6.07 Å². The van der Waals surface area contributed by atoms with Crippen LogP contribution in [-0.4, -0.2) is 12.6 Å². The van der Waals surface area contributed by atoms with Crippen LogP contribution >= 0.6 is 28.3 Å². The third kappa shape index (κ3) is 2.02. The molecule has 0 saturated carbocycles. The van der Waals surface area contributed by atoms with E-state index in [0.29, 0.717) is 18.7 Å². The predicted molar refractivity (Wildman–Crippen MR) is 58.5 cm³/mol. The van der Waals surface area contributed by atoms with Gasteiger partial charge < -0.3 is 10.5 Å². The van der Waals surface area contributed by atoms with E-state index in [1.807, 2.05) is 6.07 Å². The molecule has 0 fully saturated rings. The number of rotatable bonds is 1. The van der Waals surface area contributed by atoms with Crippen LogP contribution < -0.4 is 10.5 Å². The molecule has 2 N–H and O–H groups in total. The number of benzene rings is 1. The zero-order chi connectivity index (χ0) is 9.42. The van der Waals surface area contributed by atoms with Gasteiger partial charge in [-0.15, -0.1) is 12.4 Å². The van der Waals surface area contributed by atoms with Gasteiger partial charge in [0.25, 0.3) is 0 Å². The molecule has 5 heteroatoms. The zero-order valence-electron chi connectivity index (χ0n) is 7.30. The van der Waals surface area contributed by atoms with Gasteiger partial charge in [-0.25, -0.2) is 4.39 Å². The summed E-state index contributed by atoms with van der Waals surface area (Å²) in [6.07, 6.45) is 0.626. The van der Waals surface area contributed by atoms with Gasteiger partial charge in [-0.2, -0.15) is 0 Å². The van der Waals surface area contributed by atoms with Crippen LogP contribution in [0.25, 0.3) is 0 Å². The Labute approximate surface area is 96.2 Å². The van der Waals surface area contributed by atoms with E-state index < -0.39 is 0 Å². The minimum atomic E-state index is -0.319. The summed E-state index contributed by atoms with van der Waals surface area (Å²) in [7, 11) is 0. The van der Waals surface area contributed by atoms with E-state index >= 15 is 0 Å². The highest BCUT2D eigenvalue weighted by molar-refractivity contribution is 9.10. The van der Waals surface area contributed by atoms with Gasteiger partial charge in [0.1, 0.15) is 6.10 Å². The van der Waals surface area contributed by atoms with Crippen LogP contribution in [0.2, 0.25) is 0 Å². The molecular formula is C9H10BrClFNO. The Morgan fingerprint density at radius 1 is 1.57 bits per heavy atom. The summed E-state index contributed by atoms with van der Waals surface area (Å²) in [4.78, 5) is 0. The van der Waals surface area contributed by atoms with E-state index in [2.05, 4.69) is 15.9 Å². The molecule has 0 spiro atoms. The summed E-state index contributed by atoms with van der Waals surface area (Å²) in [5, 5.41) is 0. The van der Waals surface area contributed by atoms with Crippen LogP contribution in [-0.2, 0) is 6.42 Å². The van der Waals surface area contributed by atoms with Crippen molar-refractivity contribution in [3.05, 3.63) is 28.0 Å². The number of fused-ring (bicyclic) bond motifs is 1. The molecule has 1 heterocycles. The maximum Gasteiger partial charge on any atom is 0.166 e. The first kappa shape index (κ1) is 11.8. The summed E-state index contributed by atoms with van der Waals surface area (Å²) >= 11 is 3.23. The third-order valence-corrected chi connectivity index (χ3v) is 2.54. The lowest BCUT2D eigenvalue weighted by atomic mass is 10.1. The van der Waals surface area contributed by atoms with Crippen molar-refractivity contribution in [2.24, 2.45) is 5.73 Å². The van der Waals surface area contributed by atoms with Crippen LogP contribution in [0.3, 0.4) is 0 Å². The third-order valence-electron chi connectivity index (χ3n) is 2.08. The minimum absolute atomic E-state index is 0. The first-order valence-electron chi connectivity index (χ1n) is 4.05. The standard InChI is InChI=1S/C9H9BrFNO.ClH/c10-6-1-5-2-7(4-12)13-9(5)8(11)3-6;/h1,3,7H,2,4,12H2;1H. The first-order valence-corrected chi connectivity index (χ1v) is 4.84. The Morgan fingerprint density at radius 3 is 2.93 bits per heavy atom. The van der Waals surface area contributed by atoms with Gasteiger partial charge in [0.05, 0.1) is 0 Å². The van der Waals surface area contributed by atoms with Crippen molar-refractivity contribution < 1.29 is 9.13 Å². The van der Waals surface area contributed by atoms with Crippen molar-refractivity contribution in [3.63, 3.8) is 0 Å². The molecule has 2 rings (SSSR count). The Kier molecular flexibility index (Phi) is 3.75. The number of ether oxygens (including phenoxy) is 1. The van der Waals surface area contributed by atoms with Crippen LogP contribution in [0.5, 0.6) is 5.75 Å². The largest absolute Gasteiger partial charge is 0.485 e. The van der Waals surface area contributed by atoms with E-state index in [0.717, 1.165) is 10.0 Å². The van der Waals surface area contributed by atoms with E-state index in [1.54, 1.807) is 0 Å². The average Bonchev–Trinajstić information content (AvgIpc) is 2.47. The van der Waals surface area contributed by atoms with Gasteiger partial charge in [0.15, 0.2) is 11.6 Å². The maximum absolute atomic E-state index is 13.3. The molecule has 1 aliphatic heterocycles. The normalized spacial score (nSPS) is 18.4. The van der Waals surface area contributed by atoms with E-state index in [4.69, 9.17) is 10.5 Å². The second-order valence-corrected chi connectivity index (χ2v) is 3.97. The molecule has 2 nitrogen and oxygen atoms in total. The van der Waals surface area contributed by atoms with Gasteiger partial charge in [0, 0.05) is 23.0 Å². The Bertz CT molecular complexity index is 348. The monoisotopic (exact) mass is 281 g/mol.